The third-order valence-corrected chi connectivity index (χ3v) is 2.50. The topological polar surface area (TPSA) is 59.3 Å². The Kier molecular flexibility index (Phi) is 5.72. The molecule has 20 heavy (non-hydrogen) atoms. The van der Waals surface area contributed by atoms with Crippen LogP contribution in [0.25, 0.3) is 0 Å². The number of rotatable bonds is 6. The number of hydrogen-bond donors (Lipinski definition) is 1. The van der Waals surface area contributed by atoms with E-state index in [0.29, 0.717) is 0 Å². The van der Waals surface area contributed by atoms with Crippen LogP contribution in [0.15, 0.2) is 17.4 Å². The summed E-state index contributed by atoms with van der Waals surface area (Å²) in [4.78, 5) is 11.5. The van der Waals surface area contributed by atoms with Gasteiger partial charge in [-0.25, -0.2) is 5.43 Å². The van der Waals surface area contributed by atoms with Gasteiger partial charge < -0.3 is 0 Å². The minimum absolute atomic E-state index is 0.305. The number of alkyl halides is 3. The van der Waals surface area contributed by atoms with Gasteiger partial charge in [0, 0.05) is 11.9 Å². The Hall–Kier alpha value is -1.86. The van der Waals surface area contributed by atoms with Crippen LogP contribution in [-0.4, -0.2) is 21.4 Å². The lowest BCUT2D eigenvalue weighted by molar-refractivity contribution is -0.141. The fourth-order valence-electron chi connectivity index (χ4n) is 1.43. The van der Waals surface area contributed by atoms with Crippen LogP contribution in [-0.2, 0) is 17.5 Å². The van der Waals surface area contributed by atoms with Crippen LogP contribution in [0.4, 0.5) is 13.2 Å². The first-order valence-corrected chi connectivity index (χ1v) is 6.25. The van der Waals surface area contributed by atoms with Crippen molar-refractivity contribution in [1.82, 2.24) is 15.2 Å². The van der Waals surface area contributed by atoms with Crippen LogP contribution in [0.1, 0.15) is 38.8 Å². The van der Waals surface area contributed by atoms with Gasteiger partial charge in [0.05, 0.1) is 0 Å². The van der Waals surface area contributed by atoms with Gasteiger partial charge in [-0.1, -0.05) is 13.3 Å². The minimum atomic E-state index is -4.50. The fraction of sp³-hybridized carbons (Fsp3) is 0.583. The zero-order chi connectivity index (χ0) is 15.2. The number of carbonyl (C=O) groups is 1. The predicted octanol–water partition coefficient (Wildman–Crippen LogP) is 2.58. The smallest absolute Gasteiger partial charge is 0.271 e. The fourth-order valence-corrected chi connectivity index (χ4v) is 1.43. The number of unbranched alkanes of at least 4 members (excludes halogenated alkanes) is 1. The highest BCUT2D eigenvalue weighted by atomic mass is 19.4. The molecule has 0 aliphatic heterocycles. The normalized spacial score (nSPS) is 12.6. The van der Waals surface area contributed by atoms with Gasteiger partial charge >= 0.3 is 6.18 Å². The van der Waals surface area contributed by atoms with E-state index in [0.717, 1.165) is 41.9 Å². The monoisotopic (exact) mass is 290 g/mol. The van der Waals surface area contributed by atoms with Crippen molar-refractivity contribution >= 4 is 11.6 Å². The van der Waals surface area contributed by atoms with Gasteiger partial charge in [0.2, 0.25) is 0 Å². The van der Waals surface area contributed by atoms with Gasteiger partial charge in [0.25, 0.3) is 5.91 Å². The van der Waals surface area contributed by atoms with Crippen molar-refractivity contribution in [2.75, 3.05) is 0 Å². The summed E-state index contributed by atoms with van der Waals surface area (Å²) < 4.78 is 37.9. The molecule has 0 saturated carbocycles. The molecule has 0 unspecified atom stereocenters. The summed E-state index contributed by atoms with van der Waals surface area (Å²) in [6, 6.07) is 0.822. The molecule has 0 aliphatic carbocycles. The zero-order valence-electron chi connectivity index (χ0n) is 11.4. The van der Waals surface area contributed by atoms with Crippen LogP contribution < -0.4 is 5.43 Å². The third kappa shape index (κ3) is 5.41. The largest absolute Gasteiger partial charge is 0.435 e. The van der Waals surface area contributed by atoms with Crippen LogP contribution in [0.5, 0.6) is 0 Å². The Morgan fingerprint density at radius 2 is 2.20 bits per heavy atom. The molecule has 5 nitrogen and oxygen atoms in total. The van der Waals surface area contributed by atoms with E-state index in [1.165, 1.54) is 0 Å². The lowest BCUT2D eigenvalue weighted by atomic mass is 10.2. The van der Waals surface area contributed by atoms with Gasteiger partial charge in [-0.15, -0.1) is 0 Å². The number of hydrogen-bond acceptors (Lipinski definition) is 3. The van der Waals surface area contributed by atoms with E-state index in [9.17, 15) is 18.0 Å². The molecule has 1 heterocycles. The maximum absolute atomic E-state index is 12.3. The van der Waals surface area contributed by atoms with Crippen molar-refractivity contribution in [2.45, 2.75) is 45.8 Å². The summed E-state index contributed by atoms with van der Waals surface area (Å²) in [6.45, 7) is 3.52. The predicted molar refractivity (Wildman–Crippen MR) is 68.0 cm³/mol. The molecule has 0 aromatic carbocycles. The second-order valence-electron chi connectivity index (χ2n) is 4.38. The molecule has 0 fully saturated rings. The van der Waals surface area contributed by atoms with Crippen LogP contribution in [0, 0.1) is 0 Å². The van der Waals surface area contributed by atoms with Gasteiger partial charge in [0.15, 0.2) is 5.69 Å². The molecule has 8 heteroatoms. The molecule has 0 bridgehead atoms. The van der Waals surface area contributed by atoms with Gasteiger partial charge in [-0.2, -0.15) is 23.4 Å². The maximum atomic E-state index is 12.3. The second kappa shape index (κ2) is 7.06. The summed E-state index contributed by atoms with van der Waals surface area (Å²) in [5, 5.41) is 7.15. The lowest BCUT2D eigenvalue weighted by Crippen LogP contribution is -2.24. The summed E-state index contributed by atoms with van der Waals surface area (Å²) in [5.41, 5.74) is 2.05. The van der Waals surface area contributed by atoms with Crippen molar-refractivity contribution in [3.8, 4) is 0 Å². The summed E-state index contributed by atoms with van der Waals surface area (Å²) in [6.07, 6.45) is -0.628. The number of halogens is 3. The quantitative estimate of drug-likeness (QED) is 0.646. The third-order valence-electron chi connectivity index (χ3n) is 2.50. The first-order chi connectivity index (χ1) is 9.32. The van der Waals surface area contributed by atoms with E-state index in [-0.39, 0.29) is 6.54 Å². The molecule has 1 amide bonds. The van der Waals surface area contributed by atoms with E-state index < -0.39 is 17.8 Å². The molecule has 0 spiro atoms. The Labute approximate surface area is 114 Å². The molecular formula is C12H17F3N4O. The average molecular weight is 290 g/mol. The average Bonchev–Trinajstić information content (AvgIpc) is 2.82. The number of aromatic nitrogens is 2. The second-order valence-corrected chi connectivity index (χ2v) is 4.38. The van der Waals surface area contributed by atoms with Gasteiger partial charge in [-0.3, -0.25) is 9.48 Å². The molecule has 0 atom stereocenters. The molecule has 112 valence electrons. The van der Waals surface area contributed by atoms with E-state index in [4.69, 9.17) is 0 Å². The summed E-state index contributed by atoms with van der Waals surface area (Å²) >= 11 is 0. The maximum Gasteiger partial charge on any atom is 0.435 e. The van der Waals surface area contributed by atoms with Crippen molar-refractivity contribution < 1.29 is 18.0 Å². The van der Waals surface area contributed by atoms with Crippen LogP contribution in [0.3, 0.4) is 0 Å². The highest BCUT2D eigenvalue weighted by molar-refractivity contribution is 5.84. The number of amides is 1. The van der Waals surface area contributed by atoms with Crippen LogP contribution >= 0.6 is 0 Å². The SMILES string of the molecule is CCCC/C(C)=N/NC(=O)Cn1ccc(C(F)(F)F)n1. The number of hydrazone groups is 1. The Bertz CT molecular complexity index is 479. The Morgan fingerprint density at radius 3 is 2.75 bits per heavy atom. The number of nitrogens with one attached hydrogen (secondary N) is 1. The van der Waals surface area contributed by atoms with Crippen molar-refractivity contribution in [2.24, 2.45) is 5.10 Å². The highest BCUT2D eigenvalue weighted by Gasteiger charge is 2.33. The van der Waals surface area contributed by atoms with Crippen molar-refractivity contribution in [1.29, 1.82) is 0 Å². The molecule has 1 rings (SSSR count). The van der Waals surface area contributed by atoms with E-state index >= 15 is 0 Å². The lowest BCUT2D eigenvalue weighted by Gasteiger charge is -2.03. The first-order valence-electron chi connectivity index (χ1n) is 6.25. The standard InChI is InChI=1S/C12H17F3N4O/c1-3-4-5-9(2)16-17-11(20)8-19-7-6-10(18-19)12(13,14)15/h6-7H,3-5,8H2,1-2H3,(H,17,20)/b16-9+. The molecular weight excluding hydrogens is 273 g/mol. The molecule has 1 aromatic rings. The minimum Gasteiger partial charge on any atom is -0.271 e. The van der Waals surface area contributed by atoms with E-state index in [1.807, 2.05) is 6.92 Å². The molecule has 0 saturated heterocycles. The van der Waals surface area contributed by atoms with Crippen molar-refractivity contribution in [3.05, 3.63) is 18.0 Å². The highest BCUT2D eigenvalue weighted by Crippen LogP contribution is 2.27. The molecule has 0 radical (unpaired) electrons. The Balaban J connectivity index is 2.49. The molecule has 1 N–H and O–H groups in total. The van der Waals surface area contributed by atoms with Gasteiger partial charge in [0.1, 0.15) is 6.54 Å². The van der Waals surface area contributed by atoms with Gasteiger partial charge in [-0.05, 0) is 25.8 Å². The van der Waals surface area contributed by atoms with Crippen LogP contribution in [0.2, 0.25) is 0 Å². The molecule has 0 aliphatic rings. The summed E-state index contributed by atoms with van der Waals surface area (Å²) in [7, 11) is 0. The number of nitrogens with zero attached hydrogens (tertiary/aromatic N) is 3. The first kappa shape index (κ1) is 16.2. The molecule has 1 aromatic heterocycles. The van der Waals surface area contributed by atoms with E-state index in [2.05, 4.69) is 15.6 Å². The Morgan fingerprint density at radius 1 is 1.50 bits per heavy atom. The van der Waals surface area contributed by atoms with Crippen molar-refractivity contribution in [3.63, 3.8) is 0 Å². The van der Waals surface area contributed by atoms with E-state index in [1.54, 1.807) is 6.92 Å². The number of carbonyl (C=O) groups excluding carboxylic acids is 1. The summed E-state index contributed by atoms with van der Waals surface area (Å²) in [5.74, 6) is -0.516. The zero-order valence-corrected chi connectivity index (χ0v) is 11.4.